The van der Waals surface area contributed by atoms with Gasteiger partial charge in [0.15, 0.2) is 0 Å². The van der Waals surface area contributed by atoms with Crippen molar-refractivity contribution in [3.8, 4) is 0 Å². The fraction of sp³-hybridized carbons (Fsp3) is 0.231. The summed E-state index contributed by atoms with van der Waals surface area (Å²) in [5.41, 5.74) is 5.97. The Morgan fingerprint density at radius 3 is 2.24 bits per heavy atom. The Labute approximate surface area is 172 Å². The first kappa shape index (κ1) is 20.7. The second-order valence-electron chi connectivity index (χ2n) is 7.20. The molecule has 0 fully saturated rings. The molecule has 1 atom stereocenters. The number of benzene rings is 3. The molecule has 2 nitrogen and oxygen atoms in total. The molecule has 0 spiro atoms. The molecule has 0 N–H and O–H groups in total. The van der Waals surface area contributed by atoms with Gasteiger partial charge in [-0.15, -0.1) is 5.10 Å². The molecule has 0 amide bonds. The first-order valence-electron chi connectivity index (χ1n) is 10.1. The fourth-order valence-corrected chi connectivity index (χ4v) is 3.23. The fourth-order valence-electron chi connectivity index (χ4n) is 3.23. The average molecular weight is 387 g/mol. The van der Waals surface area contributed by atoms with E-state index in [1.807, 2.05) is 79.7 Å². The van der Waals surface area contributed by atoms with Crippen LogP contribution >= 0.6 is 0 Å². The van der Waals surface area contributed by atoms with Gasteiger partial charge in [0.1, 0.15) is 11.9 Å². The minimum Gasteiger partial charge on any atom is -0.247 e. The van der Waals surface area contributed by atoms with E-state index in [0.717, 1.165) is 39.9 Å². The molecule has 3 heteroatoms. The van der Waals surface area contributed by atoms with Gasteiger partial charge in [-0.05, 0) is 30.0 Å². The van der Waals surface area contributed by atoms with Gasteiger partial charge in [0.2, 0.25) is 0 Å². The van der Waals surface area contributed by atoms with Gasteiger partial charge in [0, 0.05) is 17.5 Å². The lowest BCUT2D eigenvalue weighted by Gasteiger charge is -2.09. The van der Waals surface area contributed by atoms with Crippen LogP contribution in [0.1, 0.15) is 47.6 Å². The molecule has 1 unspecified atom stereocenters. The summed E-state index contributed by atoms with van der Waals surface area (Å²) in [5, 5.41) is 8.89. The number of rotatable bonds is 8. The van der Waals surface area contributed by atoms with Crippen LogP contribution in [-0.4, -0.2) is 18.1 Å². The number of hydrogen-bond acceptors (Lipinski definition) is 2. The van der Waals surface area contributed by atoms with Gasteiger partial charge in [-0.1, -0.05) is 92.2 Å². The summed E-state index contributed by atoms with van der Waals surface area (Å²) >= 11 is 0. The van der Waals surface area contributed by atoms with Crippen molar-refractivity contribution in [1.82, 2.24) is 0 Å². The van der Waals surface area contributed by atoms with E-state index < -0.39 is 6.17 Å². The summed E-state index contributed by atoms with van der Waals surface area (Å²) in [7, 11) is 0. The highest BCUT2D eigenvalue weighted by Crippen LogP contribution is 2.16. The van der Waals surface area contributed by atoms with E-state index in [4.69, 9.17) is 0 Å². The highest BCUT2D eigenvalue weighted by Gasteiger charge is 2.10. The Kier molecular flexibility index (Phi) is 7.46. The molecule has 0 radical (unpaired) electrons. The topological polar surface area (TPSA) is 24.7 Å². The van der Waals surface area contributed by atoms with Crippen LogP contribution in [0.25, 0.3) is 0 Å². The maximum atomic E-state index is 13.9. The van der Waals surface area contributed by atoms with Crippen LogP contribution in [-0.2, 0) is 6.42 Å². The molecule has 3 aromatic rings. The Morgan fingerprint density at radius 1 is 0.897 bits per heavy atom. The van der Waals surface area contributed by atoms with Crippen LogP contribution in [0.4, 0.5) is 4.39 Å². The van der Waals surface area contributed by atoms with Gasteiger partial charge in [-0.25, -0.2) is 4.39 Å². The van der Waals surface area contributed by atoms with Crippen LogP contribution in [0, 0.1) is 6.92 Å². The molecule has 0 bridgehead atoms. The molecular formula is C26H27FN2. The maximum Gasteiger partial charge on any atom is 0.104 e. The Morgan fingerprint density at radius 2 is 1.55 bits per heavy atom. The quantitative estimate of drug-likeness (QED) is 0.310. The highest BCUT2D eigenvalue weighted by molar-refractivity contribution is 6.13. The largest absolute Gasteiger partial charge is 0.247 e. The van der Waals surface area contributed by atoms with Crippen molar-refractivity contribution in [1.29, 1.82) is 0 Å². The molecule has 3 aromatic carbocycles. The second kappa shape index (κ2) is 10.5. The number of nitrogens with zero attached hydrogens (tertiary/aromatic N) is 2. The van der Waals surface area contributed by atoms with Crippen LogP contribution < -0.4 is 0 Å². The molecule has 148 valence electrons. The standard InChI is InChI=1S/C26H27FN2/c1-3-9-25(27)18-21-14-16-23(17-15-21)26(22-11-5-4-6-12-22)29-28-19-24-13-8-7-10-20(24)2/h4-8,10-17,19,25H,3,9,18H2,1-2H3. The maximum absolute atomic E-state index is 13.9. The molecule has 0 heterocycles. The van der Waals surface area contributed by atoms with Crippen LogP contribution in [0.3, 0.4) is 0 Å². The van der Waals surface area contributed by atoms with Crippen molar-refractivity contribution < 1.29 is 4.39 Å². The predicted molar refractivity (Wildman–Crippen MR) is 121 cm³/mol. The van der Waals surface area contributed by atoms with Gasteiger partial charge in [-0.2, -0.15) is 5.10 Å². The molecule has 29 heavy (non-hydrogen) atoms. The number of alkyl halides is 1. The summed E-state index contributed by atoms with van der Waals surface area (Å²) in [6.07, 6.45) is 2.92. The van der Waals surface area contributed by atoms with Gasteiger partial charge >= 0.3 is 0 Å². The zero-order chi connectivity index (χ0) is 20.5. The third-order valence-electron chi connectivity index (χ3n) is 4.88. The van der Waals surface area contributed by atoms with Crippen molar-refractivity contribution in [3.05, 3.63) is 107 Å². The highest BCUT2D eigenvalue weighted by atomic mass is 19.1. The normalized spacial score (nSPS) is 13.0. The first-order chi connectivity index (χ1) is 14.2. The van der Waals surface area contributed by atoms with Crippen molar-refractivity contribution in [2.45, 2.75) is 39.3 Å². The molecule has 0 aliphatic rings. The summed E-state index contributed by atoms with van der Waals surface area (Å²) in [6.45, 7) is 4.06. The van der Waals surface area contributed by atoms with E-state index in [9.17, 15) is 4.39 Å². The average Bonchev–Trinajstić information content (AvgIpc) is 2.74. The lowest BCUT2D eigenvalue weighted by molar-refractivity contribution is 0.310. The Bertz CT molecular complexity index is 960. The molecule has 0 aliphatic carbocycles. The molecule has 0 saturated heterocycles. The molecule has 0 aromatic heterocycles. The van der Waals surface area contributed by atoms with E-state index in [2.05, 4.69) is 23.2 Å². The van der Waals surface area contributed by atoms with Crippen molar-refractivity contribution in [3.63, 3.8) is 0 Å². The van der Waals surface area contributed by atoms with Gasteiger partial charge < -0.3 is 0 Å². The number of hydrogen-bond donors (Lipinski definition) is 0. The van der Waals surface area contributed by atoms with E-state index >= 15 is 0 Å². The first-order valence-corrected chi connectivity index (χ1v) is 10.1. The van der Waals surface area contributed by atoms with Crippen LogP contribution in [0.5, 0.6) is 0 Å². The minimum absolute atomic E-state index is 0.456. The van der Waals surface area contributed by atoms with Gasteiger partial charge in [0.05, 0.1) is 6.21 Å². The van der Waals surface area contributed by atoms with Crippen molar-refractivity contribution >= 4 is 11.9 Å². The monoisotopic (exact) mass is 386 g/mol. The van der Waals surface area contributed by atoms with E-state index in [-0.39, 0.29) is 0 Å². The van der Waals surface area contributed by atoms with E-state index in [0.29, 0.717) is 12.8 Å². The Balaban J connectivity index is 1.87. The van der Waals surface area contributed by atoms with Crippen LogP contribution in [0.2, 0.25) is 0 Å². The third kappa shape index (κ3) is 5.95. The summed E-state index contributed by atoms with van der Waals surface area (Å²) < 4.78 is 13.9. The molecule has 0 aliphatic heterocycles. The Hall–Kier alpha value is -3.07. The molecule has 0 saturated carbocycles. The number of halogens is 1. The molecule has 3 rings (SSSR count). The van der Waals surface area contributed by atoms with Crippen molar-refractivity contribution in [2.24, 2.45) is 10.2 Å². The lowest BCUT2D eigenvalue weighted by Crippen LogP contribution is -2.06. The summed E-state index contributed by atoms with van der Waals surface area (Å²) in [6, 6.07) is 26.1. The predicted octanol–water partition coefficient (Wildman–Crippen LogP) is 6.55. The van der Waals surface area contributed by atoms with E-state index in [1.165, 1.54) is 0 Å². The minimum atomic E-state index is -0.785. The van der Waals surface area contributed by atoms with Gasteiger partial charge in [-0.3, -0.25) is 0 Å². The summed E-state index contributed by atoms with van der Waals surface area (Å²) in [4.78, 5) is 0. The number of aryl methyl sites for hydroxylation is 1. The van der Waals surface area contributed by atoms with Crippen molar-refractivity contribution in [2.75, 3.05) is 0 Å². The zero-order valence-electron chi connectivity index (χ0n) is 17.1. The third-order valence-corrected chi connectivity index (χ3v) is 4.88. The lowest BCUT2D eigenvalue weighted by atomic mass is 9.99. The summed E-state index contributed by atoms with van der Waals surface area (Å²) in [5.74, 6) is 0. The van der Waals surface area contributed by atoms with E-state index in [1.54, 1.807) is 6.21 Å². The second-order valence-corrected chi connectivity index (χ2v) is 7.20. The van der Waals surface area contributed by atoms with Gasteiger partial charge in [0.25, 0.3) is 0 Å². The smallest absolute Gasteiger partial charge is 0.104 e. The molecular weight excluding hydrogens is 359 g/mol. The SMILES string of the molecule is CCCC(F)Cc1ccc(C(=NN=Cc2ccccc2C)c2ccccc2)cc1. The van der Waals surface area contributed by atoms with Crippen LogP contribution in [0.15, 0.2) is 89.1 Å². The zero-order valence-corrected chi connectivity index (χ0v) is 17.1.